The highest BCUT2D eigenvalue weighted by Crippen LogP contribution is 2.28. The number of amides is 1. The Kier molecular flexibility index (Phi) is 6.66. The summed E-state index contributed by atoms with van der Waals surface area (Å²) in [5.74, 6) is -0.655. The van der Waals surface area contributed by atoms with Crippen LogP contribution in [0.25, 0.3) is 0 Å². The molecule has 154 valence electrons. The summed E-state index contributed by atoms with van der Waals surface area (Å²) in [7, 11) is 0. The lowest BCUT2D eigenvalue weighted by molar-refractivity contribution is -0.445. The highest BCUT2D eigenvalue weighted by atomic mass is 16.6. The average Bonchev–Trinajstić information content (AvgIpc) is 2.86. The van der Waals surface area contributed by atoms with Gasteiger partial charge in [0.1, 0.15) is 24.0 Å². The Bertz CT molecular complexity index is 724. The van der Waals surface area contributed by atoms with Crippen molar-refractivity contribution in [2.75, 3.05) is 13.2 Å². The van der Waals surface area contributed by atoms with Crippen molar-refractivity contribution in [1.82, 2.24) is 4.90 Å². The fourth-order valence-corrected chi connectivity index (χ4v) is 2.76. The van der Waals surface area contributed by atoms with Crippen molar-refractivity contribution >= 4 is 18.3 Å². The van der Waals surface area contributed by atoms with Crippen LogP contribution in [0.15, 0.2) is 30.3 Å². The average molecular weight is 392 g/mol. The molecule has 0 bridgehead atoms. The van der Waals surface area contributed by atoms with Gasteiger partial charge in [-0.15, -0.1) is 0 Å². The zero-order chi connectivity index (χ0) is 20.9. The van der Waals surface area contributed by atoms with Crippen LogP contribution in [0.5, 0.6) is 0 Å². The van der Waals surface area contributed by atoms with Gasteiger partial charge in [-0.05, 0) is 40.2 Å². The van der Waals surface area contributed by atoms with Gasteiger partial charge in [-0.25, -0.2) is 14.3 Å². The van der Waals surface area contributed by atoms with Gasteiger partial charge in [0, 0.05) is 0 Å². The van der Waals surface area contributed by atoms with E-state index >= 15 is 0 Å². The van der Waals surface area contributed by atoms with Crippen LogP contribution in [-0.4, -0.2) is 58.4 Å². The van der Waals surface area contributed by atoms with E-state index < -0.39 is 36.0 Å². The molecule has 0 unspecified atom stereocenters. The standard InChI is InChI=1S/C20H28N2O6/c1-19(2,3)28-18(24)22-16(14-27-20(22,4)5)11-21(25)12-17(23)26-13-15-9-7-6-8-10-15/h6-11,16H,12-14H2,1-5H3/b21-11-/t16-/m0/s1. The second-order valence-corrected chi connectivity index (χ2v) is 8.05. The van der Waals surface area contributed by atoms with Gasteiger partial charge in [-0.2, -0.15) is 0 Å². The minimum absolute atomic E-state index is 0.0944. The van der Waals surface area contributed by atoms with E-state index in [2.05, 4.69) is 0 Å². The second kappa shape index (κ2) is 8.60. The van der Waals surface area contributed by atoms with Gasteiger partial charge in [-0.1, -0.05) is 30.3 Å². The number of carbonyl (C=O) groups is 2. The van der Waals surface area contributed by atoms with Gasteiger partial charge in [0.25, 0.3) is 0 Å². The van der Waals surface area contributed by atoms with Crippen molar-refractivity contribution < 1.29 is 28.5 Å². The topological polar surface area (TPSA) is 91.1 Å². The van der Waals surface area contributed by atoms with E-state index in [4.69, 9.17) is 14.2 Å². The zero-order valence-corrected chi connectivity index (χ0v) is 17.0. The molecule has 1 atom stereocenters. The molecule has 1 fully saturated rings. The number of hydroxylamine groups is 1. The lowest BCUT2D eigenvalue weighted by Gasteiger charge is -2.33. The van der Waals surface area contributed by atoms with Crippen molar-refractivity contribution in [2.24, 2.45) is 0 Å². The fraction of sp³-hybridized carbons (Fsp3) is 0.550. The van der Waals surface area contributed by atoms with Crippen molar-refractivity contribution in [3.8, 4) is 0 Å². The monoisotopic (exact) mass is 392 g/mol. The quantitative estimate of drug-likeness (QED) is 0.252. The van der Waals surface area contributed by atoms with Crippen LogP contribution in [0.4, 0.5) is 4.79 Å². The number of rotatable bonds is 5. The molecule has 1 aliphatic heterocycles. The Morgan fingerprint density at radius 2 is 1.96 bits per heavy atom. The first-order valence-corrected chi connectivity index (χ1v) is 9.12. The fourth-order valence-electron chi connectivity index (χ4n) is 2.76. The number of carbonyl (C=O) groups excluding carboxylic acids is 2. The lowest BCUT2D eigenvalue weighted by atomic mass is 10.2. The molecule has 1 aliphatic rings. The Hall–Kier alpha value is -2.61. The van der Waals surface area contributed by atoms with Crippen molar-refractivity contribution in [1.29, 1.82) is 0 Å². The molecule has 0 N–H and O–H groups in total. The third kappa shape index (κ3) is 6.23. The van der Waals surface area contributed by atoms with Crippen LogP contribution in [0.1, 0.15) is 40.2 Å². The van der Waals surface area contributed by atoms with Crippen LogP contribution in [0, 0.1) is 5.21 Å². The third-order valence-electron chi connectivity index (χ3n) is 3.98. The summed E-state index contributed by atoms with van der Waals surface area (Å²) in [4.78, 5) is 25.8. The van der Waals surface area contributed by atoms with E-state index in [1.165, 1.54) is 11.1 Å². The molecule has 0 radical (unpaired) electrons. The number of nitrogens with zero attached hydrogens (tertiary/aromatic N) is 2. The first-order chi connectivity index (χ1) is 13.0. The minimum atomic E-state index is -0.932. The molecule has 8 nitrogen and oxygen atoms in total. The molecule has 1 aromatic rings. The first kappa shape index (κ1) is 21.7. The minimum Gasteiger partial charge on any atom is -0.624 e. The molecule has 1 aromatic carbocycles. The molecule has 1 amide bonds. The summed E-state index contributed by atoms with van der Waals surface area (Å²) in [5.41, 5.74) is -0.782. The molecule has 0 saturated carbocycles. The largest absolute Gasteiger partial charge is 0.624 e. The third-order valence-corrected chi connectivity index (χ3v) is 3.98. The van der Waals surface area contributed by atoms with Crippen LogP contribution in [0.3, 0.4) is 0 Å². The molecular formula is C20H28N2O6. The first-order valence-electron chi connectivity index (χ1n) is 9.12. The maximum atomic E-state index is 12.5. The van der Waals surface area contributed by atoms with Gasteiger partial charge in [0.2, 0.25) is 6.54 Å². The Labute approximate surface area is 165 Å². The molecule has 0 aliphatic carbocycles. The van der Waals surface area contributed by atoms with E-state index in [1.807, 2.05) is 30.3 Å². The van der Waals surface area contributed by atoms with Gasteiger partial charge < -0.3 is 19.4 Å². The lowest BCUT2D eigenvalue weighted by Crippen LogP contribution is -2.51. The highest BCUT2D eigenvalue weighted by Gasteiger charge is 2.46. The van der Waals surface area contributed by atoms with Crippen molar-refractivity contribution in [2.45, 2.75) is 58.6 Å². The predicted molar refractivity (Wildman–Crippen MR) is 103 cm³/mol. The van der Waals surface area contributed by atoms with E-state index in [-0.39, 0.29) is 13.2 Å². The molecular weight excluding hydrogens is 364 g/mol. The van der Waals surface area contributed by atoms with Crippen LogP contribution >= 0.6 is 0 Å². The number of hydrogen-bond acceptors (Lipinski definition) is 6. The Morgan fingerprint density at radius 1 is 1.32 bits per heavy atom. The highest BCUT2D eigenvalue weighted by molar-refractivity contribution is 5.76. The molecule has 0 spiro atoms. The molecule has 8 heteroatoms. The van der Waals surface area contributed by atoms with E-state index in [0.29, 0.717) is 4.74 Å². The van der Waals surface area contributed by atoms with E-state index in [0.717, 1.165) is 5.56 Å². The Balaban J connectivity index is 1.99. The predicted octanol–water partition coefficient (Wildman–Crippen LogP) is 2.68. The molecule has 0 aromatic heterocycles. The summed E-state index contributed by atoms with van der Waals surface area (Å²) < 4.78 is 16.6. The maximum absolute atomic E-state index is 12.5. The number of benzene rings is 1. The molecule has 28 heavy (non-hydrogen) atoms. The summed E-state index contributed by atoms with van der Waals surface area (Å²) >= 11 is 0. The van der Waals surface area contributed by atoms with Crippen LogP contribution < -0.4 is 0 Å². The number of hydrogen-bond donors (Lipinski definition) is 0. The molecule has 1 saturated heterocycles. The van der Waals surface area contributed by atoms with Gasteiger partial charge in [0.05, 0.1) is 6.61 Å². The SMILES string of the molecule is CC(C)(C)OC(=O)N1[C@@H](/C=[N+](\[O-])CC(=O)OCc2ccccc2)COC1(C)C. The Morgan fingerprint density at radius 3 is 2.57 bits per heavy atom. The molecule has 1 heterocycles. The van der Waals surface area contributed by atoms with Crippen molar-refractivity contribution in [3.05, 3.63) is 41.1 Å². The summed E-state index contributed by atoms with van der Waals surface area (Å²) in [6.07, 6.45) is 0.652. The zero-order valence-electron chi connectivity index (χ0n) is 17.0. The maximum Gasteiger partial charge on any atom is 0.413 e. The van der Waals surface area contributed by atoms with E-state index in [9.17, 15) is 14.8 Å². The van der Waals surface area contributed by atoms with Gasteiger partial charge in [0.15, 0.2) is 6.21 Å². The van der Waals surface area contributed by atoms with E-state index in [1.54, 1.807) is 34.6 Å². The second-order valence-electron chi connectivity index (χ2n) is 8.05. The number of esters is 1. The van der Waals surface area contributed by atoms with Crippen LogP contribution in [0.2, 0.25) is 0 Å². The normalized spacial score (nSPS) is 19.4. The van der Waals surface area contributed by atoms with Crippen LogP contribution in [-0.2, 0) is 25.6 Å². The summed E-state index contributed by atoms with van der Waals surface area (Å²) in [6, 6.07) is 8.54. The van der Waals surface area contributed by atoms with Crippen molar-refractivity contribution in [3.63, 3.8) is 0 Å². The molecule has 2 rings (SSSR count). The van der Waals surface area contributed by atoms with Gasteiger partial charge in [-0.3, -0.25) is 4.90 Å². The summed E-state index contributed by atoms with van der Waals surface area (Å²) in [5, 5.41) is 12.2. The number of ether oxygens (including phenoxy) is 3. The summed E-state index contributed by atoms with van der Waals surface area (Å²) in [6.45, 7) is 8.46. The van der Waals surface area contributed by atoms with Gasteiger partial charge >= 0.3 is 12.1 Å². The smallest absolute Gasteiger partial charge is 0.413 e.